The van der Waals surface area contributed by atoms with Crippen LogP contribution in [0.3, 0.4) is 0 Å². The molecule has 0 N–H and O–H groups in total. The molecular formula is C17H21N5O2. The fourth-order valence-electron chi connectivity index (χ4n) is 3.02. The summed E-state index contributed by atoms with van der Waals surface area (Å²) in [5.74, 6) is 0.761. The van der Waals surface area contributed by atoms with Gasteiger partial charge >= 0.3 is 0 Å². The largest absolute Gasteiger partial charge is 0.340 e. The highest BCUT2D eigenvalue weighted by Gasteiger charge is 2.27. The van der Waals surface area contributed by atoms with Gasteiger partial charge in [0.2, 0.25) is 5.95 Å². The Bertz CT molecular complexity index is 719. The molecule has 0 bridgehead atoms. The van der Waals surface area contributed by atoms with Gasteiger partial charge in [-0.1, -0.05) is 12.1 Å². The van der Waals surface area contributed by atoms with Gasteiger partial charge in [0, 0.05) is 56.7 Å². The number of hydrogen-bond donors (Lipinski definition) is 0. The molecule has 0 radical (unpaired) electrons. The number of rotatable bonds is 5. The maximum absolute atomic E-state index is 10.7. The fourth-order valence-corrected chi connectivity index (χ4v) is 3.02. The molecular weight excluding hydrogens is 306 g/mol. The van der Waals surface area contributed by atoms with Crippen LogP contribution in [0.1, 0.15) is 17.7 Å². The predicted molar refractivity (Wildman–Crippen MR) is 92.0 cm³/mol. The molecule has 0 spiro atoms. The van der Waals surface area contributed by atoms with E-state index in [9.17, 15) is 10.1 Å². The van der Waals surface area contributed by atoms with Crippen molar-refractivity contribution in [2.45, 2.75) is 25.9 Å². The van der Waals surface area contributed by atoms with Crippen LogP contribution in [0.5, 0.6) is 0 Å². The Morgan fingerprint density at radius 2 is 2.08 bits per heavy atom. The molecule has 0 amide bonds. The number of likely N-dealkylation sites (N-methyl/N-ethyl adjacent to an activating group) is 1. The van der Waals surface area contributed by atoms with E-state index in [1.54, 1.807) is 18.3 Å². The number of likely N-dealkylation sites (tertiary alicyclic amines) is 1. The molecule has 24 heavy (non-hydrogen) atoms. The lowest BCUT2D eigenvalue weighted by Crippen LogP contribution is -2.35. The number of benzene rings is 1. The number of hydrogen-bond acceptors (Lipinski definition) is 6. The molecule has 7 heteroatoms. The molecule has 1 aliphatic heterocycles. The third kappa shape index (κ3) is 3.68. The summed E-state index contributed by atoms with van der Waals surface area (Å²) in [4.78, 5) is 23.7. The van der Waals surface area contributed by atoms with Crippen molar-refractivity contribution in [3.8, 4) is 0 Å². The van der Waals surface area contributed by atoms with Gasteiger partial charge in [-0.3, -0.25) is 15.0 Å². The van der Waals surface area contributed by atoms with Gasteiger partial charge in [-0.2, -0.15) is 0 Å². The smallest absolute Gasteiger partial charge is 0.269 e. The lowest BCUT2D eigenvalue weighted by Gasteiger charge is -2.25. The molecule has 1 unspecified atom stereocenters. The maximum Gasteiger partial charge on any atom is 0.269 e. The van der Waals surface area contributed by atoms with E-state index in [0.717, 1.165) is 43.3 Å². The van der Waals surface area contributed by atoms with Gasteiger partial charge in [0.15, 0.2) is 0 Å². The number of aryl methyl sites for hydroxylation is 1. The van der Waals surface area contributed by atoms with Crippen LogP contribution < -0.4 is 4.90 Å². The SMILES string of the molecule is Cc1ccnc(N(C)C2CCN(Cc3ccc([N+](=O)[O-])cc3)C2)n1. The summed E-state index contributed by atoms with van der Waals surface area (Å²) in [5.41, 5.74) is 2.19. The van der Waals surface area contributed by atoms with E-state index in [1.807, 2.05) is 32.2 Å². The summed E-state index contributed by atoms with van der Waals surface area (Å²) in [6.45, 7) is 4.70. The van der Waals surface area contributed by atoms with Crippen LogP contribution in [-0.2, 0) is 6.54 Å². The lowest BCUT2D eigenvalue weighted by molar-refractivity contribution is -0.384. The second-order valence-electron chi connectivity index (χ2n) is 6.21. The Hall–Kier alpha value is -2.54. The molecule has 2 aromatic rings. The van der Waals surface area contributed by atoms with Crippen molar-refractivity contribution in [1.29, 1.82) is 0 Å². The molecule has 0 saturated carbocycles. The van der Waals surface area contributed by atoms with Gasteiger partial charge in [0.05, 0.1) is 4.92 Å². The molecule has 3 rings (SSSR count). The summed E-state index contributed by atoms with van der Waals surface area (Å²) >= 11 is 0. The molecule has 126 valence electrons. The van der Waals surface area contributed by atoms with E-state index in [4.69, 9.17) is 0 Å². The quantitative estimate of drug-likeness (QED) is 0.620. The first-order chi connectivity index (χ1) is 11.5. The van der Waals surface area contributed by atoms with Gasteiger partial charge in [0.25, 0.3) is 5.69 Å². The Balaban J connectivity index is 1.60. The molecule has 7 nitrogen and oxygen atoms in total. The zero-order valence-corrected chi connectivity index (χ0v) is 13.9. The van der Waals surface area contributed by atoms with Crippen molar-refractivity contribution in [3.05, 3.63) is 57.9 Å². The lowest BCUT2D eigenvalue weighted by atomic mass is 10.2. The number of nitro groups is 1. The van der Waals surface area contributed by atoms with Crippen molar-refractivity contribution < 1.29 is 4.92 Å². The van der Waals surface area contributed by atoms with Crippen LogP contribution in [0.2, 0.25) is 0 Å². The summed E-state index contributed by atoms with van der Waals surface area (Å²) in [5, 5.41) is 10.7. The van der Waals surface area contributed by atoms with Gasteiger partial charge in [-0.15, -0.1) is 0 Å². The van der Waals surface area contributed by atoms with Crippen LogP contribution in [0.25, 0.3) is 0 Å². The van der Waals surface area contributed by atoms with Crippen LogP contribution >= 0.6 is 0 Å². The fraction of sp³-hybridized carbons (Fsp3) is 0.412. The maximum atomic E-state index is 10.7. The second kappa shape index (κ2) is 6.92. The Kier molecular flexibility index (Phi) is 4.71. The van der Waals surface area contributed by atoms with E-state index >= 15 is 0 Å². The molecule has 1 aliphatic rings. The number of anilines is 1. The van der Waals surface area contributed by atoms with E-state index < -0.39 is 0 Å². The number of nitrogens with zero attached hydrogens (tertiary/aromatic N) is 5. The third-order valence-corrected chi connectivity index (χ3v) is 4.45. The number of aromatic nitrogens is 2. The second-order valence-corrected chi connectivity index (χ2v) is 6.21. The summed E-state index contributed by atoms with van der Waals surface area (Å²) in [6, 6.07) is 9.07. The van der Waals surface area contributed by atoms with E-state index in [1.165, 1.54) is 0 Å². The predicted octanol–water partition coefficient (Wildman–Crippen LogP) is 2.40. The van der Waals surface area contributed by atoms with Gasteiger partial charge < -0.3 is 4.90 Å². The topological polar surface area (TPSA) is 75.4 Å². The highest BCUT2D eigenvalue weighted by atomic mass is 16.6. The Labute approximate surface area is 141 Å². The highest BCUT2D eigenvalue weighted by Crippen LogP contribution is 2.21. The van der Waals surface area contributed by atoms with Crippen molar-refractivity contribution in [3.63, 3.8) is 0 Å². The highest BCUT2D eigenvalue weighted by molar-refractivity contribution is 5.33. The van der Waals surface area contributed by atoms with Crippen molar-refractivity contribution >= 4 is 11.6 Å². The first kappa shape index (κ1) is 16.3. The van der Waals surface area contributed by atoms with E-state index in [0.29, 0.717) is 6.04 Å². The molecule has 1 aromatic carbocycles. The number of nitro benzene ring substituents is 1. The zero-order chi connectivity index (χ0) is 17.1. The van der Waals surface area contributed by atoms with E-state index in [2.05, 4.69) is 19.8 Å². The Morgan fingerprint density at radius 3 is 2.75 bits per heavy atom. The molecule has 1 atom stereocenters. The molecule has 2 heterocycles. The molecule has 1 fully saturated rings. The normalized spacial score (nSPS) is 17.8. The standard InChI is InChI=1S/C17H21N5O2/c1-13-7-9-18-17(19-13)20(2)16-8-10-21(12-16)11-14-3-5-15(6-4-14)22(23)24/h3-7,9,16H,8,10-12H2,1-2H3. The first-order valence-electron chi connectivity index (χ1n) is 8.01. The number of non-ortho nitro benzene ring substituents is 1. The average Bonchev–Trinajstić information content (AvgIpc) is 3.03. The van der Waals surface area contributed by atoms with Crippen LogP contribution in [0, 0.1) is 17.0 Å². The van der Waals surface area contributed by atoms with Gasteiger partial charge in [-0.05, 0) is 25.0 Å². The van der Waals surface area contributed by atoms with Gasteiger partial charge in [-0.25, -0.2) is 9.97 Å². The van der Waals surface area contributed by atoms with Crippen molar-refractivity contribution in [2.24, 2.45) is 0 Å². The molecule has 1 aromatic heterocycles. The molecule has 1 saturated heterocycles. The zero-order valence-electron chi connectivity index (χ0n) is 13.9. The third-order valence-electron chi connectivity index (χ3n) is 4.45. The summed E-state index contributed by atoms with van der Waals surface area (Å²) in [6.07, 6.45) is 2.85. The first-order valence-corrected chi connectivity index (χ1v) is 8.01. The minimum Gasteiger partial charge on any atom is -0.340 e. The minimum atomic E-state index is -0.369. The van der Waals surface area contributed by atoms with Crippen LogP contribution in [0.15, 0.2) is 36.5 Å². The van der Waals surface area contributed by atoms with Crippen LogP contribution in [0.4, 0.5) is 11.6 Å². The minimum absolute atomic E-state index is 0.134. The van der Waals surface area contributed by atoms with Gasteiger partial charge in [0.1, 0.15) is 0 Å². The average molecular weight is 327 g/mol. The Morgan fingerprint density at radius 1 is 1.33 bits per heavy atom. The summed E-state index contributed by atoms with van der Waals surface area (Å²) < 4.78 is 0. The monoisotopic (exact) mass is 327 g/mol. The molecule has 0 aliphatic carbocycles. The van der Waals surface area contributed by atoms with Crippen molar-refractivity contribution in [2.75, 3.05) is 25.0 Å². The van der Waals surface area contributed by atoms with E-state index in [-0.39, 0.29) is 10.6 Å². The summed E-state index contributed by atoms with van der Waals surface area (Å²) in [7, 11) is 2.04. The van der Waals surface area contributed by atoms with Crippen molar-refractivity contribution in [1.82, 2.24) is 14.9 Å². The van der Waals surface area contributed by atoms with Crippen LogP contribution in [-0.4, -0.2) is 46.0 Å².